The molecule has 15 heavy (non-hydrogen) atoms. The van der Waals surface area contributed by atoms with E-state index in [1.807, 2.05) is 0 Å². The zero-order chi connectivity index (χ0) is 12.2. The second-order valence-corrected chi connectivity index (χ2v) is 5.03. The first-order valence-corrected chi connectivity index (χ1v) is 5.34. The van der Waals surface area contributed by atoms with Gasteiger partial charge in [-0.2, -0.15) is 11.8 Å². The summed E-state index contributed by atoms with van der Waals surface area (Å²) in [4.78, 5) is 21.1. The fourth-order valence-electron chi connectivity index (χ4n) is 0.909. The predicted octanol–water partition coefficient (Wildman–Crippen LogP) is -0.680. The van der Waals surface area contributed by atoms with Gasteiger partial charge < -0.3 is 21.7 Å². The fourth-order valence-corrected chi connectivity index (χ4v) is 2.16. The third kappa shape index (κ3) is 4.50. The van der Waals surface area contributed by atoms with Crippen molar-refractivity contribution in [2.24, 2.45) is 11.5 Å². The van der Waals surface area contributed by atoms with Crippen molar-refractivity contribution in [1.82, 2.24) is 0 Å². The van der Waals surface area contributed by atoms with Gasteiger partial charge in [-0.05, 0) is 0 Å². The number of hydrogen-bond acceptors (Lipinski definition) is 5. The Bertz CT molecular complexity index is 225. The van der Waals surface area contributed by atoms with Crippen molar-refractivity contribution in [3.05, 3.63) is 0 Å². The number of hydrogen-bond donors (Lipinski definition) is 4. The van der Waals surface area contributed by atoms with Crippen LogP contribution in [0.4, 0.5) is 0 Å². The maximum atomic E-state index is 10.5. The molecule has 4 atom stereocenters. The van der Waals surface area contributed by atoms with Gasteiger partial charge in [0.1, 0.15) is 12.1 Å². The van der Waals surface area contributed by atoms with Crippen LogP contribution < -0.4 is 11.5 Å². The Hall–Kier alpha value is -0.790. The van der Waals surface area contributed by atoms with Gasteiger partial charge in [0.05, 0.1) is 0 Å². The fraction of sp³-hybridized carbons (Fsp3) is 0.750. The molecule has 0 saturated heterocycles. The molecule has 6 N–H and O–H groups in total. The SMILES string of the molecule is CC(SC(C)[C@H](N)C(=O)O)C(N)C(=O)O. The molecule has 0 aliphatic heterocycles. The Morgan fingerprint density at radius 3 is 1.47 bits per heavy atom. The van der Waals surface area contributed by atoms with Crippen LogP contribution in [0.2, 0.25) is 0 Å². The van der Waals surface area contributed by atoms with E-state index in [1.165, 1.54) is 0 Å². The van der Waals surface area contributed by atoms with Gasteiger partial charge in [0.25, 0.3) is 0 Å². The number of nitrogens with two attached hydrogens (primary N) is 2. The van der Waals surface area contributed by atoms with Crippen LogP contribution in [-0.4, -0.2) is 44.7 Å². The van der Waals surface area contributed by atoms with Gasteiger partial charge in [-0.15, -0.1) is 0 Å². The van der Waals surface area contributed by atoms with Gasteiger partial charge in [0.15, 0.2) is 0 Å². The zero-order valence-corrected chi connectivity index (χ0v) is 9.40. The molecule has 0 radical (unpaired) electrons. The second-order valence-electron chi connectivity index (χ2n) is 3.27. The molecule has 0 aromatic rings. The Morgan fingerprint density at radius 1 is 1.00 bits per heavy atom. The lowest BCUT2D eigenvalue weighted by Gasteiger charge is -2.22. The highest BCUT2D eigenvalue weighted by Crippen LogP contribution is 2.21. The second kappa shape index (κ2) is 5.94. The van der Waals surface area contributed by atoms with Crippen LogP contribution in [-0.2, 0) is 9.59 Å². The summed E-state index contributed by atoms with van der Waals surface area (Å²) in [5.41, 5.74) is 10.8. The molecule has 0 spiro atoms. The molecule has 0 saturated carbocycles. The van der Waals surface area contributed by atoms with Crippen LogP contribution in [0.15, 0.2) is 0 Å². The zero-order valence-electron chi connectivity index (χ0n) is 8.58. The molecule has 0 bridgehead atoms. The average molecular weight is 236 g/mol. The summed E-state index contributed by atoms with van der Waals surface area (Å²) >= 11 is 1.16. The summed E-state index contributed by atoms with van der Waals surface area (Å²) in [6.45, 7) is 3.27. The highest BCUT2D eigenvalue weighted by molar-refractivity contribution is 8.00. The molecule has 88 valence electrons. The van der Waals surface area contributed by atoms with E-state index in [2.05, 4.69) is 0 Å². The maximum absolute atomic E-state index is 10.5. The molecule has 0 aliphatic rings. The molecular weight excluding hydrogens is 220 g/mol. The van der Waals surface area contributed by atoms with Gasteiger partial charge in [0, 0.05) is 10.5 Å². The van der Waals surface area contributed by atoms with Crippen LogP contribution in [0, 0.1) is 0 Å². The van der Waals surface area contributed by atoms with E-state index >= 15 is 0 Å². The third-order valence-corrected chi connectivity index (χ3v) is 3.46. The summed E-state index contributed by atoms with van der Waals surface area (Å²) in [7, 11) is 0. The van der Waals surface area contributed by atoms with Crippen LogP contribution in [0.5, 0.6) is 0 Å². The van der Waals surface area contributed by atoms with Crippen molar-refractivity contribution in [3.63, 3.8) is 0 Å². The number of thioether (sulfide) groups is 1. The normalized spacial score (nSPS) is 18.9. The van der Waals surface area contributed by atoms with Crippen LogP contribution >= 0.6 is 11.8 Å². The summed E-state index contributed by atoms with van der Waals surface area (Å²) in [6.07, 6.45) is 0. The van der Waals surface area contributed by atoms with Crippen molar-refractivity contribution in [2.75, 3.05) is 0 Å². The van der Waals surface area contributed by atoms with Crippen molar-refractivity contribution >= 4 is 23.7 Å². The van der Waals surface area contributed by atoms with Crippen LogP contribution in [0.3, 0.4) is 0 Å². The molecule has 0 aromatic heterocycles. The first-order chi connectivity index (χ1) is 6.77. The van der Waals surface area contributed by atoms with Crippen LogP contribution in [0.25, 0.3) is 0 Å². The van der Waals surface area contributed by atoms with E-state index in [1.54, 1.807) is 13.8 Å². The lowest BCUT2D eigenvalue weighted by Crippen LogP contribution is -2.43. The molecule has 0 aliphatic carbocycles. The molecular formula is C8H16N2O4S. The van der Waals surface area contributed by atoms with Crippen molar-refractivity contribution in [3.8, 4) is 0 Å². The van der Waals surface area contributed by atoms with Gasteiger partial charge >= 0.3 is 11.9 Å². The largest absolute Gasteiger partial charge is 0.480 e. The van der Waals surface area contributed by atoms with Gasteiger partial charge in [0.2, 0.25) is 0 Å². The summed E-state index contributed by atoms with van der Waals surface area (Å²) < 4.78 is 0. The first kappa shape index (κ1) is 14.2. The van der Waals surface area contributed by atoms with E-state index in [4.69, 9.17) is 21.7 Å². The average Bonchev–Trinajstić information content (AvgIpc) is 2.14. The number of aliphatic carboxylic acids is 2. The minimum atomic E-state index is -1.11. The number of rotatable bonds is 6. The quantitative estimate of drug-likeness (QED) is 0.481. The van der Waals surface area contributed by atoms with E-state index in [0.717, 1.165) is 11.8 Å². The third-order valence-electron chi connectivity index (χ3n) is 2.01. The van der Waals surface area contributed by atoms with E-state index < -0.39 is 24.0 Å². The number of carboxylic acid groups (broad SMARTS) is 2. The van der Waals surface area contributed by atoms with Gasteiger partial charge in [-0.3, -0.25) is 9.59 Å². The highest BCUT2D eigenvalue weighted by atomic mass is 32.2. The molecule has 7 heteroatoms. The predicted molar refractivity (Wildman–Crippen MR) is 57.7 cm³/mol. The Labute approximate surface area is 92.0 Å². The maximum Gasteiger partial charge on any atom is 0.321 e. The Morgan fingerprint density at radius 2 is 1.27 bits per heavy atom. The minimum Gasteiger partial charge on any atom is -0.480 e. The lowest BCUT2D eigenvalue weighted by molar-refractivity contribution is -0.139. The van der Waals surface area contributed by atoms with Gasteiger partial charge in [-0.25, -0.2) is 0 Å². The minimum absolute atomic E-state index is 0.386. The van der Waals surface area contributed by atoms with E-state index in [-0.39, 0.29) is 10.5 Å². The first-order valence-electron chi connectivity index (χ1n) is 4.39. The Kier molecular flexibility index (Phi) is 5.63. The molecule has 0 fully saturated rings. The van der Waals surface area contributed by atoms with E-state index in [0.29, 0.717) is 0 Å². The monoisotopic (exact) mass is 236 g/mol. The summed E-state index contributed by atoms with van der Waals surface area (Å²) in [5.74, 6) is -2.21. The standard InChI is InChI=1S/C8H16N2O4S/c1-3(5(9)7(11)12)15-4(2)6(10)8(13)14/h3-6H,9-10H2,1-2H3,(H,11,12)(H,13,14)/t3?,4?,5-,6?/m0/s1. The molecule has 0 heterocycles. The Balaban J connectivity index is 4.23. The van der Waals surface area contributed by atoms with E-state index in [9.17, 15) is 9.59 Å². The smallest absolute Gasteiger partial charge is 0.321 e. The van der Waals surface area contributed by atoms with Crippen molar-refractivity contribution < 1.29 is 19.8 Å². The summed E-state index contributed by atoms with van der Waals surface area (Å²) in [6, 6.07) is -2.03. The number of carboxylic acids is 2. The number of carbonyl (C=O) groups is 2. The van der Waals surface area contributed by atoms with Crippen molar-refractivity contribution in [1.29, 1.82) is 0 Å². The molecule has 3 unspecified atom stereocenters. The van der Waals surface area contributed by atoms with Gasteiger partial charge in [-0.1, -0.05) is 13.8 Å². The lowest BCUT2D eigenvalue weighted by atomic mass is 10.2. The molecule has 0 rings (SSSR count). The molecule has 0 amide bonds. The van der Waals surface area contributed by atoms with Crippen LogP contribution in [0.1, 0.15) is 13.8 Å². The topological polar surface area (TPSA) is 127 Å². The molecule has 6 nitrogen and oxygen atoms in total. The summed E-state index contributed by atoms with van der Waals surface area (Å²) in [5, 5.41) is 16.5. The molecule has 0 aromatic carbocycles. The van der Waals surface area contributed by atoms with Crippen molar-refractivity contribution in [2.45, 2.75) is 36.4 Å². The highest BCUT2D eigenvalue weighted by Gasteiger charge is 2.27.